The number of carbonyl (C=O) groups excluding carboxylic acids is 1. The Morgan fingerprint density at radius 1 is 1.05 bits per heavy atom. The van der Waals surface area contributed by atoms with Gasteiger partial charge in [-0.2, -0.15) is 0 Å². The minimum absolute atomic E-state index is 0.0848. The predicted molar refractivity (Wildman–Crippen MR) is 85.7 cm³/mol. The summed E-state index contributed by atoms with van der Waals surface area (Å²) in [6, 6.07) is 12.6. The van der Waals surface area contributed by atoms with Gasteiger partial charge in [0.1, 0.15) is 5.82 Å². The summed E-state index contributed by atoms with van der Waals surface area (Å²) in [5.74, 6) is -0.185. The number of benzene rings is 2. The summed E-state index contributed by atoms with van der Waals surface area (Å²) >= 11 is 1.43. The standard InChI is InChI=1S/C18H15FOS/c1-11-5-12(2)7-13(6-11)8-16(20)18-10-14-9-15(19)3-4-17(14)21-18/h3-7,9-10H,8H2,1-2H3. The van der Waals surface area contributed by atoms with Crippen molar-refractivity contribution in [3.05, 3.63) is 69.8 Å². The second-order valence-electron chi connectivity index (χ2n) is 5.39. The molecule has 0 spiro atoms. The molecule has 0 aliphatic rings. The van der Waals surface area contributed by atoms with Gasteiger partial charge in [-0.05, 0) is 49.1 Å². The van der Waals surface area contributed by atoms with Crippen LogP contribution in [0.5, 0.6) is 0 Å². The second kappa shape index (κ2) is 5.41. The SMILES string of the molecule is Cc1cc(C)cc(CC(=O)c2cc3cc(F)ccc3s2)c1. The average molecular weight is 298 g/mol. The lowest BCUT2D eigenvalue weighted by Gasteiger charge is -2.03. The summed E-state index contributed by atoms with van der Waals surface area (Å²) < 4.78 is 14.1. The molecule has 3 aromatic rings. The number of rotatable bonds is 3. The number of hydrogen-bond acceptors (Lipinski definition) is 2. The van der Waals surface area contributed by atoms with Crippen molar-refractivity contribution < 1.29 is 9.18 Å². The lowest BCUT2D eigenvalue weighted by Crippen LogP contribution is -2.01. The van der Waals surface area contributed by atoms with Gasteiger partial charge in [0.05, 0.1) is 4.88 Å². The van der Waals surface area contributed by atoms with Gasteiger partial charge in [-0.1, -0.05) is 29.3 Å². The van der Waals surface area contributed by atoms with Crippen molar-refractivity contribution in [3.63, 3.8) is 0 Å². The van der Waals surface area contributed by atoms with E-state index in [1.807, 2.05) is 26.0 Å². The number of halogens is 1. The zero-order chi connectivity index (χ0) is 15.0. The average Bonchev–Trinajstić information content (AvgIpc) is 2.80. The Balaban J connectivity index is 1.89. The van der Waals surface area contributed by atoms with E-state index in [-0.39, 0.29) is 11.6 Å². The maximum Gasteiger partial charge on any atom is 0.177 e. The topological polar surface area (TPSA) is 17.1 Å². The van der Waals surface area contributed by atoms with E-state index in [9.17, 15) is 9.18 Å². The van der Waals surface area contributed by atoms with E-state index in [1.54, 1.807) is 12.1 Å². The Hall–Kier alpha value is -2.00. The van der Waals surface area contributed by atoms with Gasteiger partial charge in [0.15, 0.2) is 5.78 Å². The molecule has 0 saturated carbocycles. The van der Waals surface area contributed by atoms with Crippen LogP contribution in [0.1, 0.15) is 26.4 Å². The molecule has 0 atom stereocenters. The highest BCUT2D eigenvalue weighted by Gasteiger charge is 2.12. The van der Waals surface area contributed by atoms with E-state index in [1.165, 1.54) is 23.5 Å². The van der Waals surface area contributed by atoms with Crippen molar-refractivity contribution in [2.75, 3.05) is 0 Å². The first-order chi connectivity index (χ1) is 10.0. The zero-order valence-corrected chi connectivity index (χ0v) is 12.8. The van der Waals surface area contributed by atoms with E-state index in [0.717, 1.165) is 26.8 Å². The lowest BCUT2D eigenvalue weighted by atomic mass is 10.0. The van der Waals surface area contributed by atoms with Crippen LogP contribution in [0.4, 0.5) is 4.39 Å². The summed E-state index contributed by atoms with van der Waals surface area (Å²) in [7, 11) is 0. The maximum absolute atomic E-state index is 13.2. The summed E-state index contributed by atoms with van der Waals surface area (Å²) in [6.07, 6.45) is 0.387. The molecule has 1 heterocycles. The van der Waals surface area contributed by atoms with Crippen molar-refractivity contribution in [1.29, 1.82) is 0 Å². The predicted octanol–water partition coefficient (Wildman–Crippen LogP) is 5.08. The van der Waals surface area contributed by atoms with E-state index < -0.39 is 0 Å². The molecule has 0 N–H and O–H groups in total. The third-order valence-electron chi connectivity index (χ3n) is 3.40. The number of hydrogen-bond donors (Lipinski definition) is 0. The number of thiophene rings is 1. The molecule has 0 bridgehead atoms. The third-order valence-corrected chi connectivity index (χ3v) is 4.56. The van der Waals surface area contributed by atoms with Crippen molar-refractivity contribution >= 4 is 27.2 Å². The molecule has 106 valence electrons. The minimum atomic E-state index is -0.270. The molecule has 0 unspecified atom stereocenters. The van der Waals surface area contributed by atoms with Gasteiger partial charge in [-0.15, -0.1) is 11.3 Å². The first-order valence-electron chi connectivity index (χ1n) is 6.81. The number of ketones is 1. The van der Waals surface area contributed by atoms with Gasteiger partial charge in [0.25, 0.3) is 0 Å². The number of carbonyl (C=O) groups is 1. The van der Waals surface area contributed by atoms with Crippen LogP contribution >= 0.6 is 11.3 Å². The fraction of sp³-hybridized carbons (Fsp3) is 0.167. The Labute approximate surface area is 127 Å². The number of aryl methyl sites for hydroxylation is 2. The van der Waals surface area contributed by atoms with Crippen LogP contribution in [0.2, 0.25) is 0 Å². The zero-order valence-electron chi connectivity index (χ0n) is 11.9. The van der Waals surface area contributed by atoms with Crippen molar-refractivity contribution in [1.82, 2.24) is 0 Å². The molecular formula is C18H15FOS. The van der Waals surface area contributed by atoms with Crippen LogP contribution in [0.25, 0.3) is 10.1 Å². The summed E-state index contributed by atoms with van der Waals surface area (Å²) in [5, 5.41) is 0.795. The normalized spacial score (nSPS) is 11.0. The van der Waals surface area contributed by atoms with Crippen molar-refractivity contribution in [2.24, 2.45) is 0 Å². The van der Waals surface area contributed by atoms with E-state index in [0.29, 0.717) is 11.3 Å². The fourth-order valence-electron chi connectivity index (χ4n) is 2.60. The van der Waals surface area contributed by atoms with Crippen LogP contribution in [-0.2, 0) is 6.42 Å². The van der Waals surface area contributed by atoms with Crippen LogP contribution in [-0.4, -0.2) is 5.78 Å². The summed E-state index contributed by atoms with van der Waals surface area (Å²) in [5.41, 5.74) is 3.36. The highest BCUT2D eigenvalue weighted by atomic mass is 32.1. The first-order valence-corrected chi connectivity index (χ1v) is 7.62. The Morgan fingerprint density at radius 3 is 2.48 bits per heavy atom. The van der Waals surface area contributed by atoms with Crippen LogP contribution in [0, 0.1) is 19.7 Å². The molecule has 2 aromatic carbocycles. The smallest absolute Gasteiger partial charge is 0.177 e. The third kappa shape index (κ3) is 3.03. The summed E-state index contributed by atoms with van der Waals surface area (Å²) in [6.45, 7) is 4.06. The highest BCUT2D eigenvalue weighted by molar-refractivity contribution is 7.20. The van der Waals surface area contributed by atoms with Crippen molar-refractivity contribution in [2.45, 2.75) is 20.3 Å². The molecule has 3 heteroatoms. The van der Waals surface area contributed by atoms with Gasteiger partial charge in [0, 0.05) is 11.1 Å². The molecule has 1 aromatic heterocycles. The molecule has 0 aliphatic heterocycles. The maximum atomic E-state index is 13.2. The molecule has 3 rings (SSSR count). The van der Waals surface area contributed by atoms with Gasteiger partial charge in [0.2, 0.25) is 0 Å². The quantitative estimate of drug-likeness (QED) is 0.616. The van der Waals surface area contributed by atoms with Crippen molar-refractivity contribution in [3.8, 4) is 0 Å². The van der Waals surface area contributed by atoms with Gasteiger partial charge in [-0.3, -0.25) is 4.79 Å². The number of fused-ring (bicyclic) bond motifs is 1. The Bertz CT molecular complexity index is 812. The molecule has 1 nitrogen and oxygen atoms in total. The largest absolute Gasteiger partial charge is 0.293 e. The molecule has 0 aliphatic carbocycles. The Morgan fingerprint density at radius 2 is 1.76 bits per heavy atom. The first kappa shape index (κ1) is 14.0. The van der Waals surface area contributed by atoms with Crippen LogP contribution < -0.4 is 0 Å². The van der Waals surface area contributed by atoms with E-state index in [4.69, 9.17) is 0 Å². The minimum Gasteiger partial charge on any atom is -0.293 e. The lowest BCUT2D eigenvalue weighted by molar-refractivity contribution is 0.0997. The molecule has 0 radical (unpaired) electrons. The van der Waals surface area contributed by atoms with E-state index >= 15 is 0 Å². The van der Waals surface area contributed by atoms with Crippen LogP contribution in [0.15, 0.2) is 42.5 Å². The fourth-order valence-corrected chi connectivity index (χ4v) is 3.58. The van der Waals surface area contributed by atoms with Crippen LogP contribution in [0.3, 0.4) is 0 Å². The second-order valence-corrected chi connectivity index (χ2v) is 6.47. The molecule has 0 fully saturated rings. The number of Topliss-reactive ketones (excluding diaryl/α,β-unsaturated/α-hetero) is 1. The molecule has 0 amide bonds. The monoisotopic (exact) mass is 298 g/mol. The van der Waals surface area contributed by atoms with Gasteiger partial charge in [-0.25, -0.2) is 4.39 Å². The molecule has 21 heavy (non-hydrogen) atoms. The molecular weight excluding hydrogens is 283 g/mol. The van der Waals surface area contributed by atoms with Gasteiger partial charge < -0.3 is 0 Å². The highest BCUT2D eigenvalue weighted by Crippen LogP contribution is 2.27. The van der Waals surface area contributed by atoms with Gasteiger partial charge >= 0.3 is 0 Å². The molecule has 0 saturated heterocycles. The summed E-state index contributed by atoms with van der Waals surface area (Å²) in [4.78, 5) is 13.1. The van der Waals surface area contributed by atoms with E-state index in [2.05, 4.69) is 6.07 Å². The Kier molecular flexibility index (Phi) is 3.60.